The van der Waals surface area contributed by atoms with Gasteiger partial charge in [-0.15, -0.1) is 11.6 Å². The number of amidine groups is 1. The van der Waals surface area contributed by atoms with Crippen LogP contribution in [0.15, 0.2) is 34.1 Å². The van der Waals surface area contributed by atoms with Crippen molar-refractivity contribution in [2.24, 2.45) is 15.9 Å². The van der Waals surface area contributed by atoms with Gasteiger partial charge in [0.25, 0.3) is 0 Å². The summed E-state index contributed by atoms with van der Waals surface area (Å²) < 4.78 is 0. The lowest BCUT2D eigenvalue weighted by atomic mass is 10.2. The zero-order chi connectivity index (χ0) is 13.8. The van der Waals surface area contributed by atoms with Gasteiger partial charge in [-0.25, -0.2) is 0 Å². The largest absolute Gasteiger partial charge is 0.393 e. The lowest BCUT2D eigenvalue weighted by Gasteiger charge is -2.11. The van der Waals surface area contributed by atoms with Gasteiger partial charge in [0.05, 0.1) is 0 Å². The number of halogens is 1. The molecule has 0 amide bonds. The number of rotatable bonds is 7. The highest BCUT2D eigenvalue weighted by Gasteiger charge is 2.05. The number of nitrogens with two attached hydrogens (primary N) is 1. The minimum absolute atomic E-state index is 0.608. The fraction of sp³-hybridized carbons (Fsp3) is 0.455. The summed E-state index contributed by atoms with van der Waals surface area (Å²) in [6, 6.07) is 0. The first kappa shape index (κ1) is 16.9. The minimum Gasteiger partial charge on any atom is -0.393 e. The molecule has 0 aromatic heterocycles. The van der Waals surface area contributed by atoms with Gasteiger partial charge < -0.3 is 16.5 Å². The van der Waals surface area contributed by atoms with E-state index >= 15 is 0 Å². The molecule has 0 aromatic carbocycles. The zero-order valence-electron chi connectivity index (χ0n) is 10.7. The number of hydrazone groups is 1. The summed E-state index contributed by atoms with van der Waals surface area (Å²) in [4.78, 5) is 3.95. The molecule has 0 aliphatic rings. The molecule has 0 aliphatic carbocycles. The number of thioether (sulfide) groups is 1. The van der Waals surface area contributed by atoms with Crippen molar-refractivity contribution in [3.05, 3.63) is 24.0 Å². The van der Waals surface area contributed by atoms with Gasteiger partial charge >= 0.3 is 0 Å². The predicted molar refractivity (Wildman–Crippen MR) is 83.3 cm³/mol. The average molecular weight is 290 g/mol. The lowest BCUT2D eigenvalue weighted by Crippen LogP contribution is -2.23. The van der Waals surface area contributed by atoms with Crippen LogP contribution in [0.5, 0.6) is 0 Å². The molecular formula is C11H20ClN5S. The molecule has 4 N–H and O–H groups in total. The van der Waals surface area contributed by atoms with Crippen molar-refractivity contribution in [3.63, 3.8) is 0 Å². The van der Waals surface area contributed by atoms with Gasteiger partial charge in [0.15, 0.2) is 5.17 Å². The van der Waals surface area contributed by atoms with E-state index in [1.807, 2.05) is 7.05 Å². The highest BCUT2D eigenvalue weighted by molar-refractivity contribution is 8.13. The summed E-state index contributed by atoms with van der Waals surface area (Å²) in [5.41, 5.74) is 1.51. The number of nitrogens with zero attached hydrogens (tertiary/aromatic N) is 2. The van der Waals surface area contributed by atoms with Gasteiger partial charge in [0, 0.05) is 49.4 Å². The monoisotopic (exact) mass is 289 g/mol. The fourth-order valence-electron chi connectivity index (χ4n) is 1.03. The molecule has 0 aliphatic heterocycles. The summed E-state index contributed by atoms with van der Waals surface area (Å²) in [6.45, 7) is 3.92. The van der Waals surface area contributed by atoms with Gasteiger partial charge in [-0.05, 0) is 6.42 Å². The molecule has 0 fully saturated rings. The second-order valence-corrected chi connectivity index (χ2v) is 4.67. The van der Waals surface area contributed by atoms with Gasteiger partial charge in [-0.3, -0.25) is 4.99 Å². The standard InChI is InChI=1S/C11H20ClN5S/c1-9(10(7-14-2)8-15-3)16-11(17-13)18-6-4-5-12/h7-8,14H,1,4-6,13H2,2-3H3,(H,16,17)/b10-7+,15-8-. The SMILES string of the molecule is C=C(N/C(=N\N)SCCCCl)C(/C=N\C)=C/NC. The Hall–Kier alpha value is -1.14. The van der Waals surface area contributed by atoms with E-state index in [4.69, 9.17) is 17.4 Å². The van der Waals surface area contributed by atoms with Gasteiger partial charge in [0.1, 0.15) is 0 Å². The summed E-state index contributed by atoms with van der Waals surface area (Å²) in [7, 11) is 3.51. The van der Waals surface area contributed by atoms with Crippen LogP contribution in [0.3, 0.4) is 0 Å². The Labute approximate surface area is 118 Å². The molecule has 0 spiro atoms. The number of aliphatic imine (C=N–C) groups is 1. The summed E-state index contributed by atoms with van der Waals surface area (Å²) in [6.07, 6.45) is 4.39. The number of hydrogen-bond donors (Lipinski definition) is 3. The molecule has 0 heterocycles. The van der Waals surface area contributed by atoms with Crippen molar-refractivity contribution < 1.29 is 0 Å². The maximum atomic E-state index is 5.61. The third kappa shape index (κ3) is 7.24. The van der Waals surface area contributed by atoms with Crippen LogP contribution in [0.4, 0.5) is 0 Å². The third-order valence-electron chi connectivity index (χ3n) is 1.81. The van der Waals surface area contributed by atoms with Crippen molar-refractivity contribution in [3.8, 4) is 0 Å². The molecule has 0 unspecified atom stereocenters. The van der Waals surface area contributed by atoms with Crippen LogP contribution in [0.25, 0.3) is 0 Å². The van der Waals surface area contributed by atoms with Crippen LogP contribution in [-0.2, 0) is 0 Å². The first-order chi connectivity index (χ1) is 8.69. The Morgan fingerprint density at radius 1 is 1.56 bits per heavy atom. The Bertz CT molecular complexity index is 338. The Balaban J connectivity index is 4.46. The summed E-state index contributed by atoms with van der Waals surface area (Å²) >= 11 is 7.11. The molecule has 7 heteroatoms. The first-order valence-corrected chi connectivity index (χ1v) is 6.94. The van der Waals surface area contributed by atoms with Gasteiger partial charge in [0.2, 0.25) is 0 Å². The van der Waals surface area contributed by atoms with Crippen LogP contribution in [0.2, 0.25) is 0 Å². The van der Waals surface area contributed by atoms with Crippen LogP contribution < -0.4 is 16.5 Å². The Morgan fingerprint density at radius 3 is 2.78 bits per heavy atom. The zero-order valence-corrected chi connectivity index (χ0v) is 12.3. The quantitative estimate of drug-likeness (QED) is 0.126. The maximum absolute atomic E-state index is 5.61. The van der Waals surface area contributed by atoms with Crippen molar-refractivity contribution in [2.45, 2.75) is 6.42 Å². The molecule has 0 atom stereocenters. The molecule has 0 rings (SSSR count). The van der Waals surface area contributed by atoms with Crippen molar-refractivity contribution in [2.75, 3.05) is 25.7 Å². The minimum atomic E-state index is 0.608. The molecule has 0 saturated carbocycles. The molecule has 0 bridgehead atoms. The second-order valence-electron chi connectivity index (χ2n) is 3.20. The smallest absolute Gasteiger partial charge is 0.184 e. The van der Waals surface area contributed by atoms with Crippen molar-refractivity contribution in [1.29, 1.82) is 0 Å². The van der Waals surface area contributed by atoms with E-state index in [-0.39, 0.29) is 0 Å². The Morgan fingerprint density at radius 2 is 2.28 bits per heavy atom. The molecule has 5 nitrogen and oxygen atoms in total. The van der Waals surface area contributed by atoms with Crippen molar-refractivity contribution >= 4 is 34.7 Å². The molecule has 0 aromatic rings. The molecule has 0 radical (unpaired) electrons. The average Bonchev–Trinajstić information content (AvgIpc) is 2.37. The van der Waals surface area contributed by atoms with E-state index in [2.05, 4.69) is 27.3 Å². The number of alkyl halides is 1. The summed E-state index contributed by atoms with van der Waals surface area (Å²) in [5.74, 6) is 6.79. The van der Waals surface area contributed by atoms with Gasteiger partial charge in [-0.2, -0.15) is 5.10 Å². The van der Waals surface area contributed by atoms with Gasteiger partial charge in [-0.1, -0.05) is 18.3 Å². The van der Waals surface area contributed by atoms with Crippen LogP contribution in [0.1, 0.15) is 6.42 Å². The van der Waals surface area contributed by atoms with Crippen LogP contribution in [-0.4, -0.2) is 37.1 Å². The van der Waals surface area contributed by atoms with Crippen LogP contribution in [0, 0.1) is 0 Å². The van der Waals surface area contributed by atoms with E-state index in [0.29, 0.717) is 16.7 Å². The second kappa shape index (κ2) is 11.0. The number of nitrogens with one attached hydrogen (secondary N) is 2. The molecule has 18 heavy (non-hydrogen) atoms. The van der Waals surface area contributed by atoms with E-state index in [9.17, 15) is 0 Å². The molecule has 102 valence electrons. The molecule has 0 saturated heterocycles. The topological polar surface area (TPSA) is 74.8 Å². The van der Waals surface area contributed by atoms with Crippen LogP contribution >= 0.6 is 23.4 Å². The first-order valence-electron chi connectivity index (χ1n) is 5.42. The molecular weight excluding hydrogens is 270 g/mol. The predicted octanol–water partition coefficient (Wildman–Crippen LogP) is 1.49. The van der Waals surface area contributed by atoms with E-state index < -0.39 is 0 Å². The highest BCUT2D eigenvalue weighted by Crippen LogP contribution is 2.08. The summed E-state index contributed by atoms with van der Waals surface area (Å²) in [5, 5.41) is 10.3. The normalized spacial score (nSPS) is 12.8. The lowest BCUT2D eigenvalue weighted by molar-refractivity contribution is 1.07. The van der Waals surface area contributed by atoms with E-state index in [1.54, 1.807) is 19.5 Å². The third-order valence-corrected chi connectivity index (χ3v) is 3.05. The number of allylic oxidation sites excluding steroid dienone is 1. The number of hydrogen-bond acceptors (Lipinski definition) is 5. The Kier molecular flexibility index (Phi) is 10.3. The van der Waals surface area contributed by atoms with E-state index in [1.165, 1.54) is 11.8 Å². The maximum Gasteiger partial charge on any atom is 0.184 e. The fourth-order valence-corrected chi connectivity index (χ4v) is 2.07. The van der Waals surface area contributed by atoms with Crippen molar-refractivity contribution in [1.82, 2.24) is 10.6 Å². The highest BCUT2D eigenvalue weighted by atomic mass is 35.5. The van der Waals surface area contributed by atoms with E-state index in [0.717, 1.165) is 17.7 Å².